The van der Waals surface area contributed by atoms with Gasteiger partial charge < -0.3 is 14.3 Å². The third-order valence-electron chi connectivity index (χ3n) is 6.31. The molecule has 1 aliphatic rings. The zero-order valence-corrected chi connectivity index (χ0v) is 19.4. The van der Waals surface area contributed by atoms with Crippen LogP contribution in [0.3, 0.4) is 0 Å². The van der Waals surface area contributed by atoms with Crippen LogP contribution in [0.5, 0.6) is 5.75 Å². The van der Waals surface area contributed by atoms with Crippen molar-refractivity contribution in [1.82, 2.24) is 4.98 Å². The number of hydrogen-bond acceptors (Lipinski definition) is 4. The average molecular weight is 466 g/mol. The van der Waals surface area contributed by atoms with Gasteiger partial charge in [0, 0.05) is 23.1 Å². The number of carboxylic acid groups (broad SMARTS) is 1. The lowest BCUT2D eigenvalue weighted by Gasteiger charge is -2.26. The van der Waals surface area contributed by atoms with Crippen molar-refractivity contribution >= 4 is 12.0 Å². The lowest BCUT2D eigenvalue weighted by Crippen LogP contribution is -2.11. The first-order valence-electron chi connectivity index (χ1n) is 11.9. The molecule has 1 aromatic heterocycles. The van der Waals surface area contributed by atoms with E-state index in [4.69, 9.17) is 19.2 Å². The van der Waals surface area contributed by atoms with Crippen LogP contribution in [0.15, 0.2) is 94.9 Å². The molecule has 1 atom stereocenters. The van der Waals surface area contributed by atoms with Crippen molar-refractivity contribution < 1.29 is 19.1 Å². The highest BCUT2D eigenvalue weighted by molar-refractivity contribution is 5.77. The molecular formula is C30H27NO4. The van der Waals surface area contributed by atoms with E-state index in [1.807, 2.05) is 72.8 Å². The van der Waals surface area contributed by atoms with E-state index in [2.05, 4.69) is 12.1 Å². The molecular weight excluding hydrogens is 438 g/mol. The molecule has 1 N–H and O–H groups in total. The quantitative estimate of drug-likeness (QED) is 0.312. The molecule has 1 aliphatic carbocycles. The van der Waals surface area contributed by atoms with Gasteiger partial charge in [-0.1, -0.05) is 84.8 Å². The number of ether oxygens (including phenoxy) is 1. The van der Waals surface area contributed by atoms with Gasteiger partial charge in [0.25, 0.3) is 0 Å². The number of carboxylic acids is 1. The maximum atomic E-state index is 10.9. The van der Waals surface area contributed by atoms with Crippen LogP contribution in [0.25, 0.3) is 28.7 Å². The topological polar surface area (TPSA) is 72.6 Å². The number of rotatable bonds is 7. The van der Waals surface area contributed by atoms with Crippen LogP contribution >= 0.6 is 0 Å². The third kappa shape index (κ3) is 5.35. The molecule has 176 valence electrons. The van der Waals surface area contributed by atoms with Gasteiger partial charge in [-0.3, -0.25) is 0 Å². The maximum Gasteiger partial charge on any atom is 0.341 e. The Balaban J connectivity index is 1.51. The molecule has 5 heteroatoms. The lowest BCUT2D eigenvalue weighted by atomic mass is 9.79. The summed E-state index contributed by atoms with van der Waals surface area (Å²) in [5, 5.41) is 8.94. The largest absolute Gasteiger partial charge is 0.482 e. The van der Waals surface area contributed by atoms with Crippen molar-refractivity contribution in [1.29, 1.82) is 0 Å². The molecule has 0 spiro atoms. The predicted octanol–water partition coefficient (Wildman–Crippen LogP) is 7.21. The van der Waals surface area contributed by atoms with Gasteiger partial charge in [-0.15, -0.1) is 0 Å². The van der Waals surface area contributed by atoms with Crippen molar-refractivity contribution in [2.75, 3.05) is 6.61 Å². The van der Waals surface area contributed by atoms with E-state index in [9.17, 15) is 4.79 Å². The molecule has 1 heterocycles. The summed E-state index contributed by atoms with van der Waals surface area (Å²) < 4.78 is 11.8. The average Bonchev–Trinajstić information content (AvgIpc) is 3.33. The first-order chi connectivity index (χ1) is 17.2. The van der Waals surface area contributed by atoms with E-state index >= 15 is 0 Å². The molecule has 0 radical (unpaired) electrons. The minimum Gasteiger partial charge on any atom is -0.482 e. The molecule has 5 rings (SSSR count). The maximum absolute atomic E-state index is 10.9. The Morgan fingerprint density at radius 1 is 0.971 bits per heavy atom. The summed E-state index contributed by atoms with van der Waals surface area (Å²) in [6, 6.07) is 27.9. The number of benzene rings is 3. The number of allylic oxidation sites excluding steroid dienone is 1. The van der Waals surface area contributed by atoms with E-state index in [0.717, 1.165) is 53.8 Å². The molecule has 0 bridgehead atoms. The second-order valence-corrected chi connectivity index (χ2v) is 8.73. The van der Waals surface area contributed by atoms with E-state index < -0.39 is 5.97 Å². The van der Waals surface area contributed by atoms with Gasteiger partial charge in [-0.05, 0) is 37.0 Å². The van der Waals surface area contributed by atoms with Crippen LogP contribution in [0, 0.1) is 0 Å². The van der Waals surface area contributed by atoms with Gasteiger partial charge in [0.15, 0.2) is 12.4 Å². The van der Waals surface area contributed by atoms with Crippen molar-refractivity contribution in [3.05, 3.63) is 102 Å². The number of nitrogens with zero attached hydrogens (tertiary/aromatic N) is 1. The minimum atomic E-state index is -0.985. The van der Waals surface area contributed by atoms with E-state index in [0.29, 0.717) is 11.6 Å². The second-order valence-electron chi connectivity index (χ2n) is 8.73. The van der Waals surface area contributed by atoms with Crippen LogP contribution < -0.4 is 4.74 Å². The molecule has 1 fully saturated rings. The highest BCUT2D eigenvalue weighted by Crippen LogP contribution is 2.40. The molecule has 0 aliphatic heterocycles. The fraction of sp³-hybridized carbons (Fsp3) is 0.200. The molecule has 5 nitrogen and oxygen atoms in total. The summed E-state index contributed by atoms with van der Waals surface area (Å²) in [6.45, 7) is -0.350. The summed E-state index contributed by atoms with van der Waals surface area (Å²) in [4.78, 5) is 15.8. The molecule has 35 heavy (non-hydrogen) atoms. The Kier molecular flexibility index (Phi) is 6.75. The van der Waals surface area contributed by atoms with E-state index in [1.165, 1.54) is 5.57 Å². The monoisotopic (exact) mass is 465 g/mol. The zero-order valence-electron chi connectivity index (χ0n) is 19.4. The molecule has 3 aromatic carbocycles. The van der Waals surface area contributed by atoms with E-state index in [1.54, 1.807) is 6.07 Å². The number of oxazole rings is 1. The molecule has 1 unspecified atom stereocenters. The Morgan fingerprint density at radius 3 is 2.46 bits per heavy atom. The Labute approximate surface area is 204 Å². The Morgan fingerprint density at radius 2 is 1.71 bits per heavy atom. The smallest absolute Gasteiger partial charge is 0.341 e. The minimum absolute atomic E-state index is 0.212. The van der Waals surface area contributed by atoms with Crippen molar-refractivity contribution in [2.24, 2.45) is 0 Å². The first-order valence-corrected chi connectivity index (χ1v) is 11.9. The number of aromatic nitrogens is 1. The van der Waals surface area contributed by atoms with Crippen molar-refractivity contribution in [3.63, 3.8) is 0 Å². The Hall–Kier alpha value is -4.12. The normalized spacial score (nSPS) is 16.8. The van der Waals surface area contributed by atoms with Crippen LogP contribution in [-0.4, -0.2) is 22.7 Å². The fourth-order valence-electron chi connectivity index (χ4n) is 4.69. The first kappa shape index (κ1) is 22.7. The summed E-state index contributed by atoms with van der Waals surface area (Å²) in [5.41, 5.74) is 5.24. The fourth-order valence-corrected chi connectivity index (χ4v) is 4.69. The number of hydrogen-bond donors (Lipinski definition) is 1. The van der Waals surface area contributed by atoms with Crippen LogP contribution in [0.2, 0.25) is 0 Å². The van der Waals surface area contributed by atoms with Gasteiger partial charge in [-0.25, -0.2) is 9.78 Å². The number of carbonyl (C=O) groups is 1. The van der Waals surface area contributed by atoms with Crippen molar-refractivity contribution in [2.45, 2.75) is 31.6 Å². The van der Waals surface area contributed by atoms with Gasteiger partial charge in [-0.2, -0.15) is 0 Å². The standard InChI is InChI=1S/C30H27NO4/c32-28(33)20-34-25-16-9-15-23(18-25)26-17-8-7-14-24(26)19-27-31-29(21-10-3-1-4-11-21)30(35-27)22-12-5-2-6-13-22/h1-6,9-13,15-16,18-19,26H,7-8,14,17,20H2,(H,32,33). The number of aliphatic carboxylic acids is 1. The highest BCUT2D eigenvalue weighted by atomic mass is 16.5. The van der Waals surface area contributed by atoms with Gasteiger partial charge in [0.1, 0.15) is 11.4 Å². The van der Waals surface area contributed by atoms with Crippen LogP contribution in [-0.2, 0) is 4.79 Å². The molecule has 0 saturated heterocycles. The van der Waals surface area contributed by atoms with E-state index in [-0.39, 0.29) is 12.5 Å². The Bertz CT molecular complexity index is 1270. The second kappa shape index (κ2) is 10.4. The SMILES string of the molecule is O=C(O)COc1cccc(C2CCCCC2=Cc2nc(-c3ccccc3)c(-c3ccccc3)o2)c1. The molecule has 0 amide bonds. The van der Waals surface area contributed by atoms with Crippen LogP contribution in [0.1, 0.15) is 43.1 Å². The van der Waals surface area contributed by atoms with Crippen molar-refractivity contribution in [3.8, 4) is 28.3 Å². The summed E-state index contributed by atoms with van der Waals surface area (Å²) in [6.07, 6.45) is 6.34. The third-order valence-corrected chi connectivity index (χ3v) is 6.31. The van der Waals surface area contributed by atoms with Gasteiger partial charge in [0.2, 0.25) is 5.89 Å². The molecule has 4 aromatic rings. The van der Waals surface area contributed by atoms with Gasteiger partial charge >= 0.3 is 5.97 Å². The highest BCUT2D eigenvalue weighted by Gasteiger charge is 2.23. The van der Waals surface area contributed by atoms with Gasteiger partial charge in [0.05, 0.1) is 0 Å². The summed E-state index contributed by atoms with van der Waals surface area (Å²) in [5.74, 6) is 1.16. The van der Waals surface area contributed by atoms with Crippen LogP contribution in [0.4, 0.5) is 0 Å². The summed E-state index contributed by atoms with van der Waals surface area (Å²) >= 11 is 0. The predicted molar refractivity (Wildman–Crippen MR) is 136 cm³/mol. The summed E-state index contributed by atoms with van der Waals surface area (Å²) in [7, 11) is 0. The molecule has 1 saturated carbocycles. The zero-order chi connectivity index (χ0) is 24.0. The lowest BCUT2D eigenvalue weighted by molar-refractivity contribution is -0.139.